The molecule has 3 aromatic rings. The van der Waals surface area contributed by atoms with Crippen LogP contribution in [0, 0.1) is 13.8 Å². The molecule has 7 nitrogen and oxygen atoms in total. The van der Waals surface area contributed by atoms with Gasteiger partial charge in [-0.3, -0.25) is 9.58 Å². The molecule has 0 saturated carbocycles. The van der Waals surface area contributed by atoms with E-state index in [0.717, 1.165) is 31.0 Å². The molecule has 1 aromatic carbocycles. The van der Waals surface area contributed by atoms with Crippen LogP contribution in [-0.2, 0) is 24.2 Å². The van der Waals surface area contributed by atoms with E-state index < -0.39 is 0 Å². The van der Waals surface area contributed by atoms with Crippen molar-refractivity contribution < 1.29 is 9.15 Å². The van der Waals surface area contributed by atoms with Crippen molar-refractivity contribution in [3.63, 3.8) is 0 Å². The van der Waals surface area contributed by atoms with Crippen LogP contribution in [0.5, 0.6) is 0 Å². The summed E-state index contributed by atoms with van der Waals surface area (Å²) in [7, 11) is 0. The number of hydrogen-bond donors (Lipinski definition) is 0. The molecule has 1 saturated heterocycles. The van der Waals surface area contributed by atoms with Crippen LogP contribution in [0.15, 0.2) is 40.8 Å². The topological polar surface area (TPSA) is 69.2 Å². The summed E-state index contributed by atoms with van der Waals surface area (Å²) in [5, 5.41) is 12.9. The molecule has 1 unspecified atom stereocenters. The number of aromatic nitrogens is 4. The molecule has 0 N–H and O–H groups in total. The Morgan fingerprint density at radius 1 is 1.11 bits per heavy atom. The summed E-state index contributed by atoms with van der Waals surface area (Å²) in [5.41, 5.74) is 3.37. The van der Waals surface area contributed by atoms with Crippen LogP contribution in [0.25, 0.3) is 0 Å². The minimum Gasteiger partial charge on any atom is -0.424 e. The van der Waals surface area contributed by atoms with Gasteiger partial charge in [0.05, 0.1) is 37.9 Å². The Kier molecular flexibility index (Phi) is 5.31. The quantitative estimate of drug-likeness (QED) is 0.666. The van der Waals surface area contributed by atoms with Crippen LogP contribution in [0.4, 0.5) is 0 Å². The lowest BCUT2D eigenvalue weighted by atomic mass is 10.2. The summed E-state index contributed by atoms with van der Waals surface area (Å²) in [6, 6.07) is 12.3. The molecule has 0 radical (unpaired) electrons. The lowest BCUT2D eigenvalue weighted by molar-refractivity contribution is -0.0425. The highest BCUT2D eigenvalue weighted by Gasteiger charge is 2.23. The van der Waals surface area contributed by atoms with E-state index in [9.17, 15) is 0 Å². The molecule has 0 spiro atoms. The normalized spacial score (nSPS) is 18.1. The Labute approximate surface area is 159 Å². The zero-order valence-electron chi connectivity index (χ0n) is 15.8. The summed E-state index contributed by atoms with van der Waals surface area (Å²) in [5.74, 6) is 1.32. The highest BCUT2D eigenvalue weighted by atomic mass is 16.5. The van der Waals surface area contributed by atoms with Crippen LogP contribution in [0.1, 0.15) is 28.7 Å². The van der Waals surface area contributed by atoms with Crippen molar-refractivity contribution in [1.29, 1.82) is 0 Å². The SMILES string of the molecule is Cc1cc(C)n(CC2CN(Cc3nnc(Cc4ccccc4)o3)CCO2)n1. The zero-order valence-corrected chi connectivity index (χ0v) is 15.8. The third kappa shape index (κ3) is 4.61. The third-order valence-electron chi connectivity index (χ3n) is 4.77. The highest BCUT2D eigenvalue weighted by Crippen LogP contribution is 2.14. The molecule has 0 aliphatic carbocycles. The number of morpholine rings is 1. The summed E-state index contributed by atoms with van der Waals surface area (Å²) in [6.07, 6.45) is 0.779. The van der Waals surface area contributed by atoms with Crippen molar-refractivity contribution in [2.75, 3.05) is 19.7 Å². The maximum atomic E-state index is 5.93. The average molecular weight is 367 g/mol. The van der Waals surface area contributed by atoms with Crippen molar-refractivity contribution >= 4 is 0 Å². The van der Waals surface area contributed by atoms with Gasteiger partial charge in [-0.1, -0.05) is 30.3 Å². The van der Waals surface area contributed by atoms with Gasteiger partial charge in [0.1, 0.15) is 0 Å². The first kappa shape index (κ1) is 17.9. The van der Waals surface area contributed by atoms with E-state index in [0.29, 0.717) is 31.4 Å². The van der Waals surface area contributed by atoms with Gasteiger partial charge in [-0.2, -0.15) is 5.10 Å². The molecule has 7 heteroatoms. The minimum absolute atomic E-state index is 0.114. The second-order valence-electron chi connectivity index (χ2n) is 7.09. The van der Waals surface area contributed by atoms with Crippen molar-refractivity contribution in [1.82, 2.24) is 24.9 Å². The molecule has 0 amide bonds. The molecule has 4 rings (SSSR count). The molecule has 142 valence electrons. The van der Waals surface area contributed by atoms with Crippen LogP contribution in [0.3, 0.4) is 0 Å². The Balaban J connectivity index is 1.33. The lowest BCUT2D eigenvalue weighted by Gasteiger charge is -2.32. The van der Waals surface area contributed by atoms with Crippen molar-refractivity contribution in [3.8, 4) is 0 Å². The number of nitrogens with zero attached hydrogens (tertiary/aromatic N) is 5. The van der Waals surface area contributed by atoms with E-state index in [1.54, 1.807) is 0 Å². The van der Waals surface area contributed by atoms with Gasteiger partial charge in [-0.05, 0) is 25.5 Å². The summed E-state index contributed by atoms with van der Waals surface area (Å²) in [4.78, 5) is 2.31. The third-order valence-corrected chi connectivity index (χ3v) is 4.77. The molecule has 1 atom stereocenters. The van der Waals surface area contributed by atoms with E-state index in [4.69, 9.17) is 9.15 Å². The zero-order chi connectivity index (χ0) is 18.6. The van der Waals surface area contributed by atoms with E-state index in [1.165, 1.54) is 5.56 Å². The van der Waals surface area contributed by atoms with Gasteiger partial charge in [0.2, 0.25) is 11.8 Å². The smallest absolute Gasteiger partial charge is 0.230 e. The standard InChI is InChI=1S/C20H25N5O2/c1-15-10-16(2)25(23-15)13-18-12-24(8-9-26-18)14-20-22-21-19(27-20)11-17-6-4-3-5-7-17/h3-7,10,18H,8-9,11-14H2,1-2H3. The first-order valence-electron chi connectivity index (χ1n) is 9.36. The van der Waals surface area contributed by atoms with Gasteiger partial charge < -0.3 is 9.15 Å². The monoisotopic (exact) mass is 367 g/mol. The van der Waals surface area contributed by atoms with Crippen LogP contribution in [0.2, 0.25) is 0 Å². The van der Waals surface area contributed by atoms with Gasteiger partial charge >= 0.3 is 0 Å². The minimum atomic E-state index is 0.114. The molecular formula is C20H25N5O2. The van der Waals surface area contributed by atoms with Crippen molar-refractivity contribution in [3.05, 3.63) is 65.1 Å². The second-order valence-corrected chi connectivity index (χ2v) is 7.09. The summed E-state index contributed by atoms with van der Waals surface area (Å²) < 4.78 is 13.8. The Morgan fingerprint density at radius 2 is 1.93 bits per heavy atom. The van der Waals surface area contributed by atoms with E-state index in [1.807, 2.05) is 29.8 Å². The van der Waals surface area contributed by atoms with Crippen molar-refractivity contribution in [2.45, 2.75) is 39.5 Å². The van der Waals surface area contributed by atoms with Gasteiger partial charge in [0, 0.05) is 18.8 Å². The fourth-order valence-electron chi connectivity index (χ4n) is 3.47. The second kappa shape index (κ2) is 8.02. The van der Waals surface area contributed by atoms with Crippen molar-refractivity contribution in [2.24, 2.45) is 0 Å². The van der Waals surface area contributed by atoms with Gasteiger partial charge in [0.15, 0.2) is 0 Å². The predicted molar refractivity (Wildman–Crippen MR) is 100 cm³/mol. The first-order chi connectivity index (χ1) is 13.2. The van der Waals surface area contributed by atoms with Gasteiger partial charge in [-0.15, -0.1) is 10.2 Å². The molecule has 1 aliphatic rings. The maximum absolute atomic E-state index is 5.93. The summed E-state index contributed by atoms with van der Waals surface area (Å²) >= 11 is 0. The molecule has 0 bridgehead atoms. The number of hydrogen-bond acceptors (Lipinski definition) is 6. The Hall–Kier alpha value is -2.51. The Morgan fingerprint density at radius 3 is 2.70 bits per heavy atom. The van der Waals surface area contributed by atoms with Gasteiger partial charge in [-0.25, -0.2) is 0 Å². The molecular weight excluding hydrogens is 342 g/mol. The maximum Gasteiger partial charge on any atom is 0.230 e. The van der Waals surface area contributed by atoms with E-state index in [-0.39, 0.29) is 6.10 Å². The van der Waals surface area contributed by atoms with Crippen LogP contribution >= 0.6 is 0 Å². The first-order valence-corrected chi connectivity index (χ1v) is 9.36. The number of benzene rings is 1. The largest absolute Gasteiger partial charge is 0.424 e. The number of rotatable bonds is 6. The number of ether oxygens (including phenoxy) is 1. The fraction of sp³-hybridized carbons (Fsp3) is 0.450. The molecule has 3 heterocycles. The molecule has 27 heavy (non-hydrogen) atoms. The Bertz CT molecular complexity index is 874. The van der Waals surface area contributed by atoms with Gasteiger partial charge in [0.25, 0.3) is 0 Å². The van der Waals surface area contributed by atoms with E-state index in [2.05, 4.69) is 45.3 Å². The average Bonchev–Trinajstić information content (AvgIpc) is 3.22. The number of aryl methyl sites for hydroxylation is 2. The molecule has 1 fully saturated rings. The highest BCUT2D eigenvalue weighted by molar-refractivity contribution is 5.17. The van der Waals surface area contributed by atoms with E-state index >= 15 is 0 Å². The summed E-state index contributed by atoms with van der Waals surface area (Å²) in [6.45, 7) is 7.90. The van der Waals surface area contributed by atoms with Crippen LogP contribution in [-0.4, -0.2) is 50.7 Å². The molecule has 2 aromatic heterocycles. The molecule has 1 aliphatic heterocycles. The fourth-order valence-corrected chi connectivity index (χ4v) is 3.47. The lowest BCUT2D eigenvalue weighted by Crippen LogP contribution is -2.44. The van der Waals surface area contributed by atoms with Crippen LogP contribution < -0.4 is 0 Å². The predicted octanol–water partition coefficient (Wildman–Crippen LogP) is 2.37.